The van der Waals surface area contributed by atoms with E-state index in [1.807, 2.05) is 0 Å². The van der Waals surface area contributed by atoms with E-state index >= 15 is 0 Å². The van der Waals surface area contributed by atoms with Gasteiger partial charge in [0.05, 0.1) is 0 Å². The highest BCUT2D eigenvalue weighted by molar-refractivity contribution is 5.79. The molecule has 1 heterocycles. The summed E-state index contributed by atoms with van der Waals surface area (Å²) < 4.78 is 0. The molecule has 2 aliphatic rings. The van der Waals surface area contributed by atoms with Crippen LogP contribution in [-0.4, -0.2) is 30.8 Å². The number of rotatable bonds is 0. The first-order chi connectivity index (χ1) is 6.10. The van der Waals surface area contributed by atoms with Crippen LogP contribution in [0.1, 0.15) is 32.6 Å². The number of carbonyl (C=O) groups is 1. The quantitative estimate of drug-likeness (QED) is 0.567. The molecular formula is C11H19NO. The molecule has 0 radical (unpaired) electrons. The lowest BCUT2D eigenvalue weighted by atomic mass is 9.64. The van der Waals surface area contributed by atoms with Crippen LogP contribution in [0.4, 0.5) is 0 Å². The van der Waals surface area contributed by atoms with Crippen molar-refractivity contribution in [3.8, 4) is 0 Å². The van der Waals surface area contributed by atoms with Gasteiger partial charge >= 0.3 is 0 Å². The van der Waals surface area contributed by atoms with Crippen molar-refractivity contribution in [1.29, 1.82) is 0 Å². The van der Waals surface area contributed by atoms with Crippen molar-refractivity contribution in [1.82, 2.24) is 4.90 Å². The molecule has 2 nitrogen and oxygen atoms in total. The lowest BCUT2D eigenvalue weighted by Crippen LogP contribution is -2.48. The number of Topliss-reactive ketones (excluding diaryl/α,β-unsaturated/α-hetero) is 1. The molecule has 0 N–H and O–H groups in total. The largest absolute Gasteiger partial charge is 0.306 e. The van der Waals surface area contributed by atoms with Crippen LogP contribution in [-0.2, 0) is 4.79 Å². The van der Waals surface area contributed by atoms with E-state index in [4.69, 9.17) is 0 Å². The van der Waals surface area contributed by atoms with Crippen molar-refractivity contribution in [2.45, 2.75) is 32.6 Å². The molecule has 0 amide bonds. The van der Waals surface area contributed by atoms with E-state index in [2.05, 4.69) is 18.9 Å². The van der Waals surface area contributed by atoms with Gasteiger partial charge in [0, 0.05) is 19.4 Å². The summed E-state index contributed by atoms with van der Waals surface area (Å²) in [5.41, 5.74) is 0.431. The lowest BCUT2D eigenvalue weighted by Gasteiger charge is -2.47. The molecule has 0 aromatic heterocycles. The van der Waals surface area contributed by atoms with Crippen LogP contribution in [0, 0.1) is 11.3 Å². The Kier molecular flexibility index (Phi) is 2.18. The summed E-state index contributed by atoms with van der Waals surface area (Å²) in [4.78, 5) is 13.7. The Hall–Kier alpha value is -0.370. The number of piperidine rings is 1. The smallest absolute Gasteiger partial charge is 0.133 e. The third kappa shape index (κ3) is 1.64. The molecule has 13 heavy (non-hydrogen) atoms. The fourth-order valence-corrected chi connectivity index (χ4v) is 2.98. The summed E-state index contributed by atoms with van der Waals surface area (Å²) in [5.74, 6) is 1.16. The molecule has 2 atom stereocenters. The Balaban J connectivity index is 2.11. The zero-order valence-corrected chi connectivity index (χ0v) is 8.68. The Morgan fingerprint density at radius 2 is 2.31 bits per heavy atom. The monoisotopic (exact) mass is 181 g/mol. The number of hydrogen-bond acceptors (Lipinski definition) is 2. The Labute approximate surface area is 80.3 Å². The molecule has 2 fully saturated rings. The molecule has 0 aromatic rings. The van der Waals surface area contributed by atoms with Gasteiger partial charge in [0.1, 0.15) is 5.78 Å². The van der Waals surface area contributed by atoms with Crippen molar-refractivity contribution in [2.24, 2.45) is 11.3 Å². The normalized spacial score (nSPS) is 41.7. The number of carbonyl (C=O) groups excluding carboxylic acids is 1. The zero-order valence-electron chi connectivity index (χ0n) is 8.68. The summed E-state index contributed by atoms with van der Waals surface area (Å²) in [5, 5.41) is 0. The highest BCUT2D eigenvalue weighted by Crippen LogP contribution is 2.44. The molecule has 2 heteroatoms. The fourth-order valence-electron chi connectivity index (χ4n) is 2.98. The highest BCUT2D eigenvalue weighted by atomic mass is 16.1. The van der Waals surface area contributed by atoms with Gasteiger partial charge < -0.3 is 4.90 Å². The maximum atomic E-state index is 11.3. The van der Waals surface area contributed by atoms with Gasteiger partial charge in [-0.05, 0) is 37.8 Å². The van der Waals surface area contributed by atoms with Gasteiger partial charge in [-0.1, -0.05) is 6.92 Å². The Bertz CT molecular complexity index is 226. The van der Waals surface area contributed by atoms with Crippen LogP contribution in [0.25, 0.3) is 0 Å². The molecule has 1 aliphatic carbocycles. The highest BCUT2D eigenvalue weighted by Gasteiger charge is 2.42. The zero-order chi connectivity index (χ0) is 9.47. The van der Waals surface area contributed by atoms with Gasteiger partial charge in [0.2, 0.25) is 0 Å². The first-order valence-corrected chi connectivity index (χ1v) is 5.30. The second kappa shape index (κ2) is 3.09. The number of likely N-dealkylation sites (tertiary alicyclic amines) is 1. The molecule has 74 valence electrons. The van der Waals surface area contributed by atoms with E-state index in [9.17, 15) is 4.79 Å². The first-order valence-electron chi connectivity index (χ1n) is 5.30. The van der Waals surface area contributed by atoms with Crippen molar-refractivity contribution < 1.29 is 4.79 Å². The lowest BCUT2D eigenvalue weighted by molar-refractivity contribution is -0.126. The van der Waals surface area contributed by atoms with Gasteiger partial charge in [-0.25, -0.2) is 0 Å². The van der Waals surface area contributed by atoms with E-state index in [-0.39, 0.29) is 0 Å². The van der Waals surface area contributed by atoms with Gasteiger partial charge in [-0.3, -0.25) is 4.79 Å². The van der Waals surface area contributed by atoms with Crippen LogP contribution in [0.15, 0.2) is 0 Å². The third-order valence-electron chi connectivity index (χ3n) is 3.93. The van der Waals surface area contributed by atoms with E-state index in [1.54, 1.807) is 0 Å². The van der Waals surface area contributed by atoms with Crippen molar-refractivity contribution in [2.75, 3.05) is 20.1 Å². The van der Waals surface area contributed by atoms with Gasteiger partial charge in [0.25, 0.3) is 0 Å². The van der Waals surface area contributed by atoms with E-state index in [0.29, 0.717) is 17.1 Å². The molecule has 2 rings (SSSR count). The average Bonchev–Trinajstić information content (AvgIpc) is 2.06. The van der Waals surface area contributed by atoms with Crippen LogP contribution in [0.3, 0.4) is 0 Å². The summed E-state index contributed by atoms with van der Waals surface area (Å²) in [6, 6.07) is 0. The minimum absolute atomic E-state index is 0.431. The fraction of sp³-hybridized carbons (Fsp3) is 0.909. The number of fused-ring (bicyclic) bond motifs is 1. The van der Waals surface area contributed by atoms with Crippen molar-refractivity contribution >= 4 is 5.78 Å². The van der Waals surface area contributed by atoms with Gasteiger partial charge in [-0.15, -0.1) is 0 Å². The van der Waals surface area contributed by atoms with Gasteiger partial charge in [0.15, 0.2) is 0 Å². The summed E-state index contributed by atoms with van der Waals surface area (Å²) in [6.45, 7) is 4.72. The predicted octanol–water partition coefficient (Wildman–Crippen LogP) is 1.70. The number of ketones is 1. The van der Waals surface area contributed by atoms with Crippen LogP contribution in [0.5, 0.6) is 0 Å². The van der Waals surface area contributed by atoms with Gasteiger partial charge in [-0.2, -0.15) is 0 Å². The number of hydrogen-bond donors (Lipinski definition) is 0. The second-order valence-electron chi connectivity index (χ2n) is 5.12. The molecule has 0 aromatic carbocycles. The van der Waals surface area contributed by atoms with Crippen LogP contribution >= 0.6 is 0 Å². The maximum Gasteiger partial charge on any atom is 0.133 e. The SMILES string of the molecule is CN1CCC2CC(=O)CCC2(C)C1. The average molecular weight is 181 g/mol. The summed E-state index contributed by atoms with van der Waals surface area (Å²) >= 11 is 0. The number of nitrogens with zero attached hydrogens (tertiary/aromatic N) is 1. The maximum absolute atomic E-state index is 11.3. The summed E-state index contributed by atoms with van der Waals surface area (Å²) in [7, 11) is 2.19. The molecule has 1 saturated heterocycles. The molecular weight excluding hydrogens is 162 g/mol. The standard InChI is InChI=1S/C11H19NO/c1-11-5-3-10(13)7-9(11)4-6-12(2)8-11/h9H,3-8H2,1-2H3. The molecule has 1 saturated carbocycles. The Morgan fingerprint density at radius 3 is 3.08 bits per heavy atom. The van der Waals surface area contributed by atoms with E-state index in [1.165, 1.54) is 19.5 Å². The van der Waals surface area contributed by atoms with Crippen LogP contribution < -0.4 is 0 Å². The Morgan fingerprint density at radius 1 is 1.54 bits per heavy atom. The molecule has 2 unspecified atom stereocenters. The topological polar surface area (TPSA) is 20.3 Å². The molecule has 1 aliphatic heterocycles. The predicted molar refractivity (Wildman–Crippen MR) is 52.6 cm³/mol. The van der Waals surface area contributed by atoms with E-state index in [0.717, 1.165) is 19.3 Å². The minimum atomic E-state index is 0.431. The van der Waals surface area contributed by atoms with Crippen molar-refractivity contribution in [3.63, 3.8) is 0 Å². The third-order valence-corrected chi connectivity index (χ3v) is 3.93. The van der Waals surface area contributed by atoms with Crippen molar-refractivity contribution in [3.05, 3.63) is 0 Å². The minimum Gasteiger partial charge on any atom is -0.306 e. The second-order valence-corrected chi connectivity index (χ2v) is 5.12. The summed E-state index contributed by atoms with van der Waals surface area (Å²) in [6.07, 6.45) is 4.00. The van der Waals surface area contributed by atoms with Crippen LogP contribution in [0.2, 0.25) is 0 Å². The molecule has 0 spiro atoms. The first kappa shape index (κ1) is 9.20. The van der Waals surface area contributed by atoms with E-state index < -0.39 is 0 Å². The molecule has 0 bridgehead atoms.